The van der Waals surface area contributed by atoms with Gasteiger partial charge in [-0.05, 0) is 12.8 Å². The molecule has 3 nitrogen and oxygen atoms in total. The molecule has 0 rings (SSSR count). The summed E-state index contributed by atoms with van der Waals surface area (Å²) < 4.78 is 9.80. The molecule has 0 heterocycles. The number of esters is 1. The molecule has 160 valence electrons. The van der Waals surface area contributed by atoms with Gasteiger partial charge in [0.1, 0.15) is 6.61 Å². The average molecular weight is 383 g/mol. The highest BCUT2D eigenvalue weighted by atomic mass is 16.6. The van der Waals surface area contributed by atoms with E-state index in [1.165, 1.54) is 103 Å². The topological polar surface area (TPSA) is 35.5 Å². The first kappa shape index (κ1) is 26.2. The lowest BCUT2D eigenvalue weighted by Gasteiger charge is -2.03. The summed E-state index contributed by atoms with van der Waals surface area (Å²) in [5, 5.41) is 0. The number of hydrogen-bond donors (Lipinski definition) is 0. The number of methoxy groups -OCH3 is 1. The number of rotatable bonds is 21. The average Bonchev–Trinajstić information content (AvgIpc) is 2.67. The van der Waals surface area contributed by atoms with E-state index < -0.39 is 0 Å². The molecule has 0 fully saturated rings. The molecule has 0 aromatic heterocycles. The SMILES string of the molecule is CCCCCCCCCCCCCCCCCC/C=C/C(=O)OCCOC. The minimum absolute atomic E-state index is 0.261. The number of ether oxygens (including phenoxy) is 2. The highest BCUT2D eigenvalue weighted by Gasteiger charge is 1.96. The quantitative estimate of drug-likeness (QED) is 0.118. The molecule has 0 saturated carbocycles. The van der Waals surface area contributed by atoms with Crippen LogP contribution in [0, 0.1) is 0 Å². The van der Waals surface area contributed by atoms with Crippen molar-refractivity contribution in [2.24, 2.45) is 0 Å². The van der Waals surface area contributed by atoms with E-state index in [1.807, 2.05) is 6.08 Å². The molecule has 0 bridgehead atoms. The molecular formula is C24H46O3. The Balaban J connectivity index is 3.13. The van der Waals surface area contributed by atoms with Crippen LogP contribution < -0.4 is 0 Å². The van der Waals surface area contributed by atoms with Gasteiger partial charge in [0.2, 0.25) is 0 Å². The number of carbonyl (C=O) groups is 1. The van der Waals surface area contributed by atoms with E-state index in [4.69, 9.17) is 9.47 Å². The molecule has 0 aromatic rings. The van der Waals surface area contributed by atoms with Gasteiger partial charge in [-0.3, -0.25) is 0 Å². The lowest BCUT2D eigenvalue weighted by Crippen LogP contribution is -2.06. The van der Waals surface area contributed by atoms with Crippen molar-refractivity contribution >= 4 is 5.97 Å². The lowest BCUT2D eigenvalue weighted by atomic mass is 10.0. The van der Waals surface area contributed by atoms with Crippen molar-refractivity contribution in [3.8, 4) is 0 Å². The summed E-state index contributed by atoms with van der Waals surface area (Å²) in [6.45, 7) is 3.07. The number of carbonyl (C=O) groups excluding carboxylic acids is 1. The van der Waals surface area contributed by atoms with Gasteiger partial charge >= 0.3 is 5.97 Å². The van der Waals surface area contributed by atoms with E-state index in [0.29, 0.717) is 13.2 Å². The predicted molar refractivity (Wildman–Crippen MR) is 116 cm³/mol. The van der Waals surface area contributed by atoms with Crippen LogP contribution in [0.2, 0.25) is 0 Å². The van der Waals surface area contributed by atoms with Crippen molar-refractivity contribution in [3.05, 3.63) is 12.2 Å². The van der Waals surface area contributed by atoms with Crippen molar-refractivity contribution < 1.29 is 14.3 Å². The molecule has 0 aliphatic carbocycles. The fraction of sp³-hybridized carbons (Fsp3) is 0.875. The van der Waals surface area contributed by atoms with Crippen LogP contribution in [-0.4, -0.2) is 26.3 Å². The molecular weight excluding hydrogens is 336 g/mol. The van der Waals surface area contributed by atoms with Crippen LogP contribution in [0.15, 0.2) is 12.2 Å². The Morgan fingerprint density at radius 1 is 0.667 bits per heavy atom. The van der Waals surface area contributed by atoms with Gasteiger partial charge in [0.15, 0.2) is 0 Å². The number of allylic oxidation sites excluding steroid dienone is 1. The zero-order valence-corrected chi connectivity index (χ0v) is 18.3. The van der Waals surface area contributed by atoms with Gasteiger partial charge in [-0.15, -0.1) is 0 Å². The van der Waals surface area contributed by atoms with Gasteiger partial charge in [-0.1, -0.05) is 109 Å². The van der Waals surface area contributed by atoms with Gasteiger partial charge in [0.05, 0.1) is 6.61 Å². The first-order valence-corrected chi connectivity index (χ1v) is 11.6. The Morgan fingerprint density at radius 2 is 1.11 bits per heavy atom. The van der Waals surface area contributed by atoms with E-state index in [0.717, 1.165) is 6.42 Å². The minimum Gasteiger partial charge on any atom is -0.460 e. The largest absolute Gasteiger partial charge is 0.460 e. The molecule has 3 heteroatoms. The monoisotopic (exact) mass is 382 g/mol. The summed E-state index contributed by atoms with van der Waals surface area (Å²) in [5.74, 6) is -0.261. The van der Waals surface area contributed by atoms with Gasteiger partial charge in [-0.2, -0.15) is 0 Å². The molecule has 0 saturated heterocycles. The molecule has 0 unspecified atom stereocenters. The van der Waals surface area contributed by atoms with Gasteiger partial charge in [0.25, 0.3) is 0 Å². The first-order chi connectivity index (χ1) is 13.3. The second-order valence-electron chi connectivity index (χ2n) is 7.65. The van der Waals surface area contributed by atoms with Crippen LogP contribution >= 0.6 is 0 Å². The third kappa shape index (κ3) is 23.1. The summed E-state index contributed by atoms with van der Waals surface area (Å²) in [4.78, 5) is 11.3. The van der Waals surface area contributed by atoms with Gasteiger partial charge < -0.3 is 9.47 Å². The Bertz CT molecular complexity index is 326. The highest BCUT2D eigenvalue weighted by Crippen LogP contribution is 2.14. The third-order valence-electron chi connectivity index (χ3n) is 5.01. The number of unbranched alkanes of at least 4 members (excludes halogenated alkanes) is 16. The summed E-state index contributed by atoms with van der Waals surface area (Å²) in [6, 6.07) is 0. The zero-order valence-electron chi connectivity index (χ0n) is 18.3. The Morgan fingerprint density at radius 3 is 1.56 bits per heavy atom. The fourth-order valence-electron chi connectivity index (χ4n) is 3.26. The van der Waals surface area contributed by atoms with Crippen molar-refractivity contribution in [3.63, 3.8) is 0 Å². The van der Waals surface area contributed by atoms with Crippen molar-refractivity contribution in [1.82, 2.24) is 0 Å². The molecule has 0 aromatic carbocycles. The normalized spacial score (nSPS) is 11.3. The second-order valence-corrected chi connectivity index (χ2v) is 7.65. The Hall–Kier alpha value is -0.830. The summed E-state index contributed by atoms with van der Waals surface area (Å²) in [7, 11) is 1.60. The first-order valence-electron chi connectivity index (χ1n) is 11.6. The van der Waals surface area contributed by atoms with Crippen LogP contribution in [0.5, 0.6) is 0 Å². The van der Waals surface area contributed by atoms with Crippen molar-refractivity contribution in [2.75, 3.05) is 20.3 Å². The molecule has 0 spiro atoms. The van der Waals surface area contributed by atoms with Crippen LogP contribution in [0.1, 0.15) is 116 Å². The molecule has 0 amide bonds. The smallest absolute Gasteiger partial charge is 0.330 e. The lowest BCUT2D eigenvalue weighted by molar-refractivity contribution is -0.139. The second kappa shape index (κ2) is 23.2. The van der Waals surface area contributed by atoms with Crippen LogP contribution in [0.4, 0.5) is 0 Å². The molecule has 27 heavy (non-hydrogen) atoms. The maximum absolute atomic E-state index is 11.3. The van der Waals surface area contributed by atoms with Crippen LogP contribution in [0.3, 0.4) is 0 Å². The van der Waals surface area contributed by atoms with E-state index >= 15 is 0 Å². The van der Waals surface area contributed by atoms with Crippen molar-refractivity contribution in [1.29, 1.82) is 0 Å². The summed E-state index contributed by atoms with van der Waals surface area (Å²) in [5.41, 5.74) is 0. The standard InChI is InChI=1S/C24H46O3/c1-3-4-5-6-7-8-9-10-11-12-13-14-15-16-17-18-19-20-21-24(25)27-23-22-26-2/h20-21H,3-19,22-23H2,1-2H3/b21-20+. The molecule has 0 radical (unpaired) electrons. The third-order valence-corrected chi connectivity index (χ3v) is 5.01. The summed E-state index contributed by atoms with van der Waals surface area (Å²) >= 11 is 0. The summed E-state index contributed by atoms with van der Waals surface area (Å²) in [6.07, 6.45) is 26.6. The van der Waals surface area contributed by atoms with Crippen LogP contribution in [0.25, 0.3) is 0 Å². The highest BCUT2D eigenvalue weighted by molar-refractivity contribution is 5.81. The Kier molecular flexibility index (Phi) is 22.5. The molecule has 0 N–H and O–H groups in total. The molecule has 0 aliphatic rings. The van der Waals surface area contributed by atoms with Crippen molar-refractivity contribution in [2.45, 2.75) is 116 Å². The maximum Gasteiger partial charge on any atom is 0.330 e. The van der Waals surface area contributed by atoms with Gasteiger partial charge in [-0.25, -0.2) is 4.79 Å². The predicted octanol–water partition coefficient (Wildman–Crippen LogP) is 7.38. The fourth-order valence-corrected chi connectivity index (χ4v) is 3.26. The molecule has 0 atom stereocenters. The van der Waals surface area contributed by atoms with E-state index in [-0.39, 0.29) is 5.97 Å². The molecule has 0 aliphatic heterocycles. The Labute approximate surface area is 169 Å². The maximum atomic E-state index is 11.3. The van der Waals surface area contributed by atoms with Crippen LogP contribution in [-0.2, 0) is 14.3 Å². The van der Waals surface area contributed by atoms with E-state index in [9.17, 15) is 4.79 Å². The number of hydrogen-bond acceptors (Lipinski definition) is 3. The minimum atomic E-state index is -0.261. The van der Waals surface area contributed by atoms with E-state index in [1.54, 1.807) is 13.2 Å². The zero-order chi connectivity index (χ0) is 19.8. The van der Waals surface area contributed by atoms with E-state index in [2.05, 4.69) is 6.92 Å². The van der Waals surface area contributed by atoms with Gasteiger partial charge in [0, 0.05) is 13.2 Å².